The van der Waals surface area contributed by atoms with E-state index in [1.807, 2.05) is 48.3 Å². The van der Waals surface area contributed by atoms with Gasteiger partial charge < -0.3 is 9.32 Å². The highest BCUT2D eigenvalue weighted by molar-refractivity contribution is 8.14. The van der Waals surface area contributed by atoms with Gasteiger partial charge in [-0.1, -0.05) is 55.1 Å². The molecule has 5 heteroatoms. The molecule has 3 aromatic rings. The second-order valence-electron chi connectivity index (χ2n) is 6.90. The third-order valence-corrected chi connectivity index (χ3v) is 6.43. The molecule has 27 heavy (non-hydrogen) atoms. The summed E-state index contributed by atoms with van der Waals surface area (Å²) in [6, 6.07) is 21.0. The molecular formula is C22H21N3OS. The van der Waals surface area contributed by atoms with Crippen molar-refractivity contribution in [1.29, 1.82) is 0 Å². The van der Waals surface area contributed by atoms with E-state index in [0.717, 1.165) is 40.1 Å². The Morgan fingerprint density at radius 1 is 1.07 bits per heavy atom. The molecule has 0 saturated carbocycles. The average Bonchev–Trinajstić information content (AvgIpc) is 3.44. The van der Waals surface area contributed by atoms with E-state index in [-0.39, 0.29) is 12.1 Å². The minimum atomic E-state index is -0.0298. The highest BCUT2D eigenvalue weighted by atomic mass is 32.2. The number of hydrogen-bond acceptors (Lipinski definition) is 5. The lowest BCUT2D eigenvalue weighted by Crippen LogP contribution is -2.35. The lowest BCUT2D eigenvalue weighted by atomic mass is 10.0. The summed E-state index contributed by atoms with van der Waals surface area (Å²) in [5.74, 6) is 2.95. The number of nitrogens with zero attached hydrogens (tertiary/aromatic N) is 3. The van der Waals surface area contributed by atoms with E-state index in [2.05, 4.69) is 47.1 Å². The van der Waals surface area contributed by atoms with Crippen molar-refractivity contribution in [3.63, 3.8) is 0 Å². The first-order valence-electron chi connectivity index (χ1n) is 9.40. The largest absolute Gasteiger partial charge is 0.459 e. The first-order chi connectivity index (χ1) is 13.3. The van der Waals surface area contributed by atoms with E-state index in [0.29, 0.717) is 6.04 Å². The third kappa shape index (κ3) is 2.86. The van der Waals surface area contributed by atoms with Gasteiger partial charge in [0.15, 0.2) is 5.17 Å². The van der Waals surface area contributed by atoms with Gasteiger partial charge >= 0.3 is 0 Å². The van der Waals surface area contributed by atoms with Gasteiger partial charge in [0, 0.05) is 23.6 Å². The Hall–Kier alpha value is -2.53. The normalized spacial score (nSPS) is 24.1. The molecule has 0 aliphatic carbocycles. The van der Waals surface area contributed by atoms with Crippen molar-refractivity contribution < 1.29 is 4.42 Å². The number of rotatable bonds is 4. The summed E-state index contributed by atoms with van der Waals surface area (Å²) in [7, 11) is 0. The lowest BCUT2D eigenvalue weighted by Gasteiger charge is -2.30. The van der Waals surface area contributed by atoms with Crippen LogP contribution < -0.4 is 0 Å². The molecule has 1 saturated heterocycles. The van der Waals surface area contributed by atoms with Crippen LogP contribution in [0.1, 0.15) is 36.9 Å². The fourth-order valence-electron chi connectivity index (χ4n) is 3.93. The first kappa shape index (κ1) is 16.6. The molecule has 4 nitrogen and oxygen atoms in total. The number of amidine groups is 1. The second-order valence-corrected chi connectivity index (χ2v) is 7.89. The second kappa shape index (κ2) is 6.89. The molecule has 0 amide bonds. The minimum Gasteiger partial charge on any atom is -0.459 e. The highest BCUT2D eigenvalue weighted by Crippen LogP contribution is 2.49. The van der Waals surface area contributed by atoms with Gasteiger partial charge in [-0.05, 0) is 30.7 Å². The van der Waals surface area contributed by atoms with Crippen molar-refractivity contribution >= 4 is 16.9 Å². The van der Waals surface area contributed by atoms with Crippen LogP contribution in [0.2, 0.25) is 0 Å². The molecule has 0 unspecified atom stereocenters. The van der Waals surface area contributed by atoms with Crippen molar-refractivity contribution in [3.05, 3.63) is 78.3 Å². The Balaban J connectivity index is 1.56. The maximum Gasteiger partial charge on any atom is 0.161 e. The number of furan rings is 1. The van der Waals surface area contributed by atoms with Crippen LogP contribution in [0.25, 0.3) is 11.3 Å². The van der Waals surface area contributed by atoms with Crippen LogP contribution in [-0.2, 0) is 0 Å². The van der Waals surface area contributed by atoms with E-state index < -0.39 is 0 Å². The Kier molecular flexibility index (Phi) is 4.24. The average molecular weight is 375 g/mol. The standard InChI is InChI=1S/C22H21N3OS/c1-2-16-14-27-22-24-20(17-10-6-7-13-23-17)21(25(16)22)19-12-11-18(26-19)15-8-4-3-5-9-15/h3-13,16,20-21H,2,14H2,1H3/t16-,20-,21+/m0/s1. The predicted octanol–water partition coefficient (Wildman–Crippen LogP) is 5.32. The Morgan fingerprint density at radius 3 is 2.70 bits per heavy atom. The molecule has 136 valence electrons. The number of fused-ring (bicyclic) bond motifs is 1. The van der Waals surface area contributed by atoms with Crippen LogP contribution in [0.15, 0.2) is 76.3 Å². The van der Waals surface area contributed by atoms with Gasteiger partial charge in [-0.3, -0.25) is 4.98 Å². The van der Waals surface area contributed by atoms with Crippen LogP contribution in [0.4, 0.5) is 0 Å². The van der Waals surface area contributed by atoms with Gasteiger partial charge in [-0.25, -0.2) is 4.99 Å². The quantitative estimate of drug-likeness (QED) is 0.619. The summed E-state index contributed by atoms with van der Waals surface area (Å²) in [4.78, 5) is 12.1. The summed E-state index contributed by atoms with van der Waals surface area (Å²) in [6.07, 6.45) is 2.95. The molecule has 5 rings (SSSR count). The Morgan fingerprint density at radius 2 is 1.93 bits per heavy atom. The van der Waals surface area contributed by atoms with E-state index in [1.54, 1.807) is 0 Å². The van der Waals surface area contributed by atoms with Gasteiger partial charge in [0.1, 0.15) is 23.6 Å². The fourth-order valence-corrected chi connectivity index (χ4v) is 5.27. The summed E-state index contributed by atoms with van der Waals surface area (Å²) in [5, 5.41) is 1.13. The molecule has 1 aromatic carbocycles. The molecule has 3 atom stereocenters. The summed E-state index contributed by atoms with van der Waals surface area (Å²) in [5.41, 5.74) is 2.10. The predicted molar refractivity (Wildman–Crippen MR) is 110 cm³/mol. The van der Waals surface area contributed by atoms with Gasteiger partial charge in [0.05, 0.1) is 5.69 Å². The number of aromatic nitrogens is 1. The van der Waals surface area contributed by atoms with E-state index in [1.165, 1.54) is 0 Å². The zero-order valence-corrected chi connectivity index (χ0v) is 16.0. The van der Waals surface area contributed by atoms with Gasteiger partial charge in [0.2, 0.25) is 0 Å². The molecule has 4 heterocycles. The van der Waals surface area contributed by atoms with E-state index >= 15 is 0 Å². The smallest absolute Gasteiger partial charge is 0.161 e. The number of thioether (sulfide) groups is 1. The molecule has 0 spiro atoms. The van der Waals surface area contributed by atoms with Crippen molar-refractivity contribution in [2.75, 3.05) is 5.75 Å². The summed E-state index contributed by atoms with van der Waals surface area (Å²) < 4.78 is 6.35. The van der Waals surface area contributed by atoms with E-state index in [9.17, 15) is 0 Å². The first-order valence-corrected chi connectivity index (χ1v) is 10.4. The molecule has 0 N–H and O–H groups in total. The monoisotopic (exact) mass is 375 g/mol. The van der Waals surface area contributed by atoms with Crippen LogP contribution in [-0.4, -0.2) is 26.8 Å². The molecule has 2 aliphatic heterocycles. The molecule has 1 fully saturated rings. The number of pyridine rings is 1. The molecule has 2 aliphatic rings. The number of hydrogen-bond donors (Lipinski definition) is 0. The molecule has 0 radical (unpaired) electrons. The van der Waals surface area contributed by atoms with Crippen molar-refractivity contribution in [3.8, 4) is 11.3 Å². The van der Waals surface area contributed by atoms with Gasteiger partial charge in [0.25, 0.3) is 0 Å². The lowest BCUT2D eigenvalue weighted by molar-refractivity contribution is 0.226. The van der Waals surface area contributed by atoms with Crippen LogP contribution >= 0.6 is 11.8 Å². The van der Waals surface area contributed by atoms with Crippen molar-refractivity contribution in [2.24, 2.45) is 4.99 Å². The molecule has 0 bridgehead atoms. The molecular weight excluding hydrogens is 354 g/mol. The minimum absolute atomic E-state index is 0.0298. The molecule has 2 aromatic heterocycles. The maximum absolute atomic E-state index is 6.35. The zero-order valence-electron chi connectivity index (χ0n) is 15.2. The SMILES string of the molecule is CC[C@H]1CSC2=N[C@@H](c3ccccn3)[C@@H](c3ccc(-c4ccccc4)o3)N21. The third-order valence-electron chi connectivity index (χ3n) is 5.31. The van der Waals surface area contributed by atoms with Crippen molar-refractivity contribution in [2.45, 2.75) is 31.5 Å². The maximum atomic E-state index is 6.35. The van der Waals surface area contributed by atoms with Crippen LogP contribution in [0, 0.1) is 0 Å². The van der Waals surface area contributed by atoms with E-state index in [4.69, 9.17) is 9.41 Å². The Bertz CT molecular complexity index is 954. The fraction of sp³-hybridized carbons (Fsp3) is 0.273. The van der Waals surface area contributed by atoms with Crippen LogP contribution in [0.3, 0.4) is 0 Å². The topological polar surface area (TPSA) is 41.6 Å². The highest BCUT2D eigenvalue weighted by Gasteiger charge is 2.46. The van der Waals surface area contributed by atoms with Crippen LogP contribution in [0.5, 0.6) is 0 Å². The Labute approximate surface area is 163 Å². The summed E-state index contributed by atoms with van der Waals surface area (Å²) in [6.45, 7) is 2.25. The summed E-state index contributed by atoms with van der Waals surface area (Å²) >= 11 is 1.85. The number of benzene rings is 1. The van der Waals surface area contributed by atoms with Gasteiger partial charge in [-0.15, -0.1) is 0 Å². The van der Waals surface area contributed by atoms with Gasteiger partial charge in [-0.2, -0.15) is 0 Å². The number of aliphatic imine (C=N–C) groups is 1. The zero-order chi connectivity index (χ0) is 18.2. The van der Waals surface area contributed by atoms with Crippen molar-refractivity contribution in [1.82, 2.24) is 9.88 Å².